The van der Waals surface area contributed by atoms with Gasteiger partial charge in [-0.15, -0.1) is 0 Å². The van der Waals surface area contributed by atoms with E-state index >= 15 is 0 Å². The Morgan fingerprint density at radius 2 is 1.24 bits per heavy atom. The van der Waals surface area contributed by atoms with Crippen LogP contribution in [0.5, 0.6) is 0 Å². The maximum absolute atomic E-state index is 10.9. The summed E-state index contributed by atoms with van der Waals surface area (Å²) < 4.78 is 6.13. The fourth-order valence-corrected chi connectivity index (χ4v) is 19.2. The van der Waals surface area contributed by atoms with Crippen LogP contribution >= 0.6 is 0 Å². The summed E-state index contributed by atoms with van der Waals surface area (Å²) in [5.41, 5.74) is 0.820. The van der Waals surface area contributed by atoms with Gasteiger partial charge < -0.3 is 0 Å². The van der Waals surface area contributed by atoms with Crippen LogP contribution in [0.25, 0.3) is 0 Å². The minimum absolute atomic E-state index is 0.820. The van der Waals surface area contributed by atoms with Crippen molar-refractivity contribution in [1.29, 1.82) is 0 Å². The van der Waals surface area contributed by atoms with Gasteiger partial charge >= 0.3 is 135 Å². The van der Waals surface area contributed by atoms with Gasteiger partial charge in [-0.25, -0.2) is 0 Å². The Morgan fingerprint density at radius 1 is 0.810 bits per heavy atom. The van der Waals surface area contributed by atoms with E-state index in [1.807, 2.05) is 12.1 Å². The third-order valence-corrected chi connectivity index (χ3v) is 20.4. The van der Waals surface area contributed by atoms with Gasteiger partial charge in [0.1, 0.15) is 0 Å². The number of unbranched alkanes of at least 4 members (excludes halogenated alkanes) is 3. The average Bonchev–Trinajstić information content (AvgIpc) is 2.55. The van der Waals surface area contributed by atoms with Crippen molar-refractivity contribution < 1.29 is 4.79 Å². The fraction of sp³-hybridized carbons (Fsp3) is 0.632. The second-order valence-electron chi connectivity index (χ2n) is 6.33. The molecule has 118 valence electrons. The molecule has 0 aromatic heterocycles. The normalized spacial score (nSPS) is 11.6. The van der Waals surface area contributed by atoms with Crippen molar-refractivity contribution >= 4 is 28.2 Å². The van der Waals surface area contributed by atoms with Crippen LogP contribution < -0.4 is 3.58 Å². The molecule has 1 nitrogen and oxygen atoms in total. The van der Waals surface area contributed by atoms with E-state index in [1.54, 1.807) is 3.58 Å². The first-order valence-corrected chi connectivity index (χ1v) is 16.3. The van der Waals surface area contributed by atoms with Crippen LogP contribution in [0.4, 0.5) is 0 Å². The van der Waals surface area contributed by atoms with Crippen LogP contribution in [-0.2, 0) is 0 Å². The van der Waals surface area contributed by atoms with Crippen LogP contribution in [0.15, 0.2) is 24.3 Å². The molecule has 0 amide bonds. The average molecular weight is 395 g/mol. The summed E-state index contributed by atoms with van der Waals surface area (Å²) in [7, 11) is 0. The zero-order valence-corrected chi connectivity index (χ0v) is 17.0. The van der Waals surface area contributed by atoms with E-state index in [-0.39, 0.29) is 0 Å². The maximum atomic E-state index is 10.9. The van der Waals surface area contributed by atoms with Crippen LogP contribution in [0.2, 0.25) is 13.3 Å². The Balaban J connectivity index is 3.05. The first-order chi connectivity index (χ1) is 10.2. The van der Waals surface area contributed by atoms with Gasteiger partial charge in [0, 0.05) is 0 Å². The Kier molecular flexibility index (Phi) is 9.30. The summed E-state index contributed by atoms with van der Waals surface area (Å²) in [6.45, 7) is 6.93. The monoisotopic (exact) mass is 396 g/mol. The van der Waals surface area contributed by atoms with Crippen LogP contribution in [0.1, 0.15) is 69.7 Å². The predicted molar refractivity (Wildman–Crippen MR) is 96.4 cm³/mol. The Bertz CT molecular complexity index is 375. The fourth-order valence-electron chi connectivity index (χ4n) is 3.27. The molecule has 0 spiro atoms. The Labute approximate surface area is 135 Å². The second kappa shape index (κ2) is 10.4. The molecule has 0 fully saturated rings. The zero-order chi connectivity index (χ0) is 15.6. The molecule has 1 rings (SSSR count). The molecular weight excluding hydrogens is 363 g/mol. The molecule has 0 atom stereocenters. The number of aldehydes is 1. The molecule has 0 aliphatic rings. The van der Waals surface area contributed by atoms with Crippen molar-refractivity contribution in [2.24, 2.45) is 0 Å². The van der Waals surface area contributed by atoms with Gasteiger partial charge in [0.05, 0.1) is 0 Å². The summed E-state index contributed by atoms with van der Waals surface area (Å²) in [5.74, 6) is 0. The molecule has 0 unspecified atom stereocenters. The number of carbonyl (C=O) groups is 1. The van der Waals surface area contributed by atoms with E-state index in [2.05, 4.69) is 32.9 Å². The zero-order valence-electron chi connectivity index (χ0n) is 14.2. The first kappa shape index (κ1) is 18.7. The summed E-state index contributed by atoms with van der Waals surface area (Å²) >= 11 is -2.26. The topological polar surface area (TPSA) is 17.1 Å². The van der Waals surface area contributed by atoms with Crippen molar-refractivity contribution in [3.63, 3.8) is 0 Å². The number of benzene rings is 1. The first-order valence-electron chi connectivity index (χ1n) is 8.78. The molecule has 0 saturated heterocycles. The SMILES string of the molecule is CCC[CH2][Sn]([CH2]CCC)([CH2]CCC)[c]1ccc(C=O)cc1. The van der Waals surface area contributed by atoms with Gasteiger partial charge in [-0.1, -0.05) is 0 Å². The summed E-state index contributed by atoms with van der Waals surface area (Å²) in [6.07, 6.45) is 9.05. The van der Waals surface area contributed by atoms with Gasteiger partial charge in [0.2, 0.25) is 0 Å². The third kappa shape index (κ3) is 5.77. The van der Waals surface area contributed by atoms with Crippen LogP contribution in [0.3, 0.4) is 0 Å². The van der Waals surface area contributed by atoms with E-state index in [1.165, 1.54) is 51.8 Å². The van der Waals surface area contributed by atoms with Gasteiger partial charge in [-0.2, -0.15) is 0 Å². The van der Waals surface area contributed by atoms with E-state index in [0.29, 0.717) is 0 Å². The molecule has 0 heterocycles. The Hall–Kier alpha value is -0.311. The molecule has 0 N–H and O–H groups in total. The van der Waals surface area contributed by atoms with Gasteiger partial charge in [-0.05, 0) is 0 Å². The van der Waals surface area contributed by atoms with Crippen molar-refractivity contribution in [3.05, 3.63) is 29.8 Å². The summed E-state index contributed by atoms with van der Waals surface area (Å²) in [4.78, 5) is 10.9. The molecule has 0 aliphatic heterocycles. The number of hydrogen-bond donors (Lipinski definition) is 0. The number of carbonyl (C=O) groups excluding carboxylic acids is 1. The molecule has 0 radical (unpaired) electrons. The second-order valence-corrected chi connectivity index (χ2v) is 19.6. The van der Waals surface area contributed by atoms with Gasteiger partial charge in [0.25, 0.3) is 0 Å². The molecule has 21 heavy (non-hydrogen) atoms. The summed E-state index contributed by atoms with van der Waals surface area (Å²) in [5, 5.41) is 0. The van der Waals surface area contributed by atoms with Gasteiger partial charge in [-0.3, -0.25) is 0 Å². The molecule has 1 aromatic carbocycles. The van der Waals surface area contributed by atoms with Crippen LogP contribution in [-0.4, -0.2) is 24.7 Å². The number of rotatable bonds is 11. The molecule has 2 heteroatoms. The van der Waals surface area contributed by atoms with Gasteiger partial charge in [0.15, 0.2) is 0 Å². The van der Waals surface area contributed by atoms with Crippen molar-refractivity contribution in [1.82, 2.24) is 0 Å². The molecule has 1 aromatic rings. The third-order valence-electron chi connectivity index (χ3n) is 4.69. The van der Waals surface area contributed by atoms with E-state index in [9.17, 15) is 4.79 Å². The summed E-state index contributed by atoms with van der Waals surface area (Å²) in [6, 6.07) is 8.66. The molecular formula is C19H32OSn. The number of hydrogen-bond acceptors (Lipinski definition) is 1. The quantitative estimate of drug-likeness (QED) is 0.355. The van der Waals surface area contributed by atoms with E-state index in [0.717, 1.165) is 11.8 Å². The van der Waals surface area contributed by atoms with Crippen LogP contribution in [0, 0.1) is 0 Å². The standard InChI is InChI=1S/C7H5O.3C4H9.Sn/c8-6-7-4-2-1-3-5-7;3*1-3-4-2;/h2-6H;3*1,3-4H2,2H3;. The molecule has 0 bridgehead atoms. The predicted octanol–water partition coefficient (Wildman–Crippen LogP) is 5.56. The molecule has 0 saturated carbocycles. The minimum atomic E-state index is -2.26. The van der Waals surface area contributed by atoms with E-state index in [4.69, 9.17) is 0 Å². The van der Waals surface area contributed by atoms with Crippen molar-refractivity contribution in [3.8, 4) is 0 Å². The van der Waals surface area contributed by atoms with Crippen molar-refractivity contribution in [2.45, 2.75) is 72.6 Å². The molecule has 0 aliphatic carbocycles. The van der Waals surface area contributed by atoms with Crippen molar-refractivity contribution in [2.75, 3.05) is 0 Å². The van der Waals surface area contributed by atoms with E-state index < -0.39 is 18.4 Å². The Morgan fingerprint density at radius 3 is 1.57 bits per heavy atom.